The van der Waals surface area contributed by atoms with Crippen molar-refractivity contribution in [3.63, 3.8) is 0 Å². The van der Waals surface area contributed by atoms with Crippen LogP contribution < -0.4 is 11.5 Å². The third-order valence-electron chi connectivity index (χ3n) is 3.13. The second-order valence-corrected chi connectivity index (χ2v) is 4.93. The van der Waals surface area contributed by atoms with E-state index in [1.165, 1.54) is 6.33 Å². The molecule has 0 saturated carbocycles. The number of aromatic nitrogens is 4. The van der Waals surface area contributed by atoms with Crippen molar-refractivity contribution >= 4 is 34.4 Å². The molecule has 0 fully saturated rings. The van der Waals surface area contributed by atoms with Gasteiger partial charge in [-0.25, -0.2) is 15.0 Å². The van der Waals surface area contributed by atoms with Crippen LogP contribution in [0.15, 0.2) is 30.9 Å². The lowest BCUT2D eigenvalue weighted by molar-refractivity contribution is 0.813. The molecule has 2 aromatic heterocycles. The Hall–Kier alpha value is -2.67. The number of nitrogens with one attached hydrogen (secondary N) is 1. The molecule has 0 atom stereocenters. The van der Waals surface area contributed by atoms with Crippen LogP contribution >= 0.6 is 11.6 Å². The summed E-state index contributed by atoms with van der Waals surface area (Å²) in [6.45, 7) is 0.490. The number of fused-ring (bicyclic) bond motifs is 1. The molecule has 106 valence electrons. The largest absolute Gasteiger partial charge is 0.384 e. The lowest BCUT2D eigenvalue weighted by Gasteiger charge is -2.08. The standard InChI is InChI=1S/C13H12ClN7/c14-9-3-7(11(15)16)1-2-8(9)4-21-6-20-10-12(17)18-5-19-13(10)21/h1-3,5-6H,4H2,(H3,15,16)(H2,17,18,19). The van der Waals surface area contributed by atoms with Crippen molar-refractivity contribution in [3.8, 4) is 0 Å². The van der Waals surface area contributed by atoms with Gasteiger partial charge in [-0.1, -0.05) is 23.7 Å². The van der Waals surface area contributed by atoms with Gasteiger partial charge in [0.05, 0.1) is 12.9 Å². The molecule has 0 bridgehead atoms. The highest BCUT2D eigenvalue weighted by Gasteiger charge is 2.10. The maximum Gasteiger partial charge on any atom is 0.165 e. The van der Waals surface area contributed by atoms with E-state index in [1.807, 2.05) is 10.6 Å². The van der Waals surface area contributed by atoms with Crippen molar-refractivity contribution in [2.75, 3.05) is 5.73 Å². The van der Waals surface area contributed by atoms with Gasteiger partial charge in [-0.3, -0.25) is 5.41 Å². The van der Waals surface area contributed by atoms with E-state index >= 15 is 0 Å². The van der Waals surface area contributed by atoms with Gasteiger partial charge >= 0.3 is 0 Å². The fourth-order valence-corrected chi connectivity index (χ4v) is 2.28. The molecule has 2 heterocycles. The zero-order valence-electron chi connectivity index (χ0n) is 10.9. The highest BCUT2D eigenvalue weighted by molar-refractivity contribution is 6.31. The molecule has 8 heteroatoms. The predicted octanol–water partition coefficient (Wildman–Crippen LogP) is 1.39. The van der Waals surface area contributed by atoms with Crippen LogP contribution in [-0.2, 0) is 6.54 Å². The van der Waals surface area contributed by atoms with Crippen molar-refractivity contribution < 1.29 is 0 Å². The molecule has 3 aromatic rings. The first-order chi connectivity index (χ1) is 10.1. The van der Waals surface area contributed by atoms with E-state index in [1.54, 1.807) is 18.5 Å². The van der Waals surface area contributed by atoms with Gasteiger partial charge < -0.3 is 16.0 Å². The molecule has 21 heavy (non-hydrogen) atoms. The van der Waals surface area contributed by atoms with Crippen LogP contribution in [0, 0.1) is 5.41 Å². The number of nitrogens with zero attached hydrogens (tertiary/aromatic N) is 4. The fourth-order valence-electron chi connectivity index (χ4n) is 2.04. The summed E-state index contributed by atoms with van der Waals surface area (Å²) in [6.07, 6.45) is 3.04. The second kappa shape index (κ2) is 5.02. The van der Waals surface area contributed by atoms with E-state index < -0.39 is 0 Å². The smallest absolute Gasteiger partial charge is 0.165 e. The van der Waals surface area contributed by atoms with E-state index in [9.17, 15) is 0 Å². The van der Waals surface area contributed by atoms with E-state index in [0.29, 0.717) is 34.1 Å². The van der Waals surface area contributed by atoms with Gasteiger partial charge in [-0.05, 0) is 11.6 Å². The number of rotatable bonds is 3. The van der Waals surface area contributed by atoms with Crippen LogP contribution in [0.4, 0.5) is 5.82 Å². The molecule has 1 aromatic carbocycles. The van der Waals surface area contributed by atoms with Crippen LogP contribution in [0.3, 0.4) is 0 Å². The first kappa shape index (κ1) is 13.3. The summed E-state index contributed by atoms with van der Waals surface area (Å²) in [4.78, 5) is 12.3. The zero-order valence-corrected chi connectivity index (χ0v) is 11.7. The Labute approximate surface area is 125 Å². The van der Waals surface area contributed by atoms with Gasteiger partial charge in [0.1, 0.15) is 17.7 Å². The maximum absolute atomic E-state index is 7.40. The molecule has 0 amide bonds. The van der Waals surface area contributed by atoms with Crippen molar-refractivity contribution in [1.29, 1.82) is 5.41 Å². The number of hydrogen-bond acceptors (Lipinski definition) is 5. The van der Waals surface area contributed by atoms with E-state index in [-0.39, 0.29) is 5.84 Å². The SMILES string of the molecule is N=C(N)c1ccc(Cn2cnc3c(N)ncnc32)c(Cl)c1. The van der Waals surface area contributed by atoms with Crippen LogP contribution in [0.2, 0.25) is 5.02 Å². The summed E-state index contributed by atoms with van der Waals surface area (Å²) >= 11 is 6.23. The number of halogens is 1. The summed E-state index contributed by atoms with van der Waals surface area (Å²) in [6, 6.07) is 5.25. The Morgan fingerprint density at radius 2 is 2.10 bits per heavy atom. The number of amidine groups is 1. The maximum atomic E-state index is 7.40. The summed E-state index contributed by atoms with van der Waals surface area (Å²) < 4.78 is 1.84. The Balaban J connectivity index is 1.99. The van der Waals surface area contributed by atoms with Crippen molar-refractivity contribution in [1.82, 2.24) is 19.5 Å². The molecule has 5 N–H and O–H groups in total. The van der Waals surface area contributed by atoms with Gasteiger partial charge in [0.25, 0.3) is 0 Å². The lowest BCUT2D eigenvalue weighted by atomic mass is 10.1. The molecule has 0 aliphatic rings. The minimum absolute atomic E-state index is 0.0166. The Morgan fingerprint density at radius 1 is 1.29 bits per heavy atom. The average molecular weight is 302 g/mol. The molecule has 0 spiro atoms. The van der Waals surface area contributed by atoms with Crippen LogP contribution in [0.1, 0.15) is 11.1 Å². The predicted molar refractivity (Wildman–Crippen MR) is 81.3 cm³/mol. The first-order valence-electron chi connectivity index (χ1n) is 6.10. The minimum Gasteiger partial charge on any atom is -0.384 e. The number of benzene rings is 1. The van der Waals surface area contributed by atoms with Crippen molar-refractivity contribution in [2.45, 2.75) is 6.54 Å². The number of nitrogens with two attached hydrogens (primary N) is 2. The van der Waals surface area contributed by atoms with Gasteiger partial charge in [0, 0.05) is 10.6 Å². The van der Waals surface area contributed by atoms with Crippen molar-refractivity contribution in [2.24, 2.45) is 5.73 Å². The Kier molecular flexibility index (Phi) is 3.19. The van der Waals surface area contributed by atoms with E-state index in [0.717, 1.165) is 5.56 Å². The average Bonchev–Trinajstić information content (AvgIpc) is 2.85. The Bertz CT molecular complexity index is 840. The van der Waals surface area contributed by atoms with Gasteiger partial charge in [0.2, 0.25) is 0 Å². The molecular weight excluding hydrogens is 290 g/mol. The molecule has 0 unspecified atom stereocenters. The second-order valence-electron chi connectivity index (χ2n) is 4.52. The number of hydrogen-bond donors (Lipinski definition) is 3. The van der Waals surface area contributed by atoms with E-state index in [4.69, 9.17) is 28.5 Å². The normalized spacial score (nSPS) is 10.9. The molecule has 7 nitrogen and oxygen atoms in total. The topological polar surface area (TPSA) is 119 Å². The van der Waals surface area contributed by atoms with Crippen LogP contribution in [0.5, 0.6) is 0 Å². The molecular formula is C13H12ClN7. The van der Waals surface area contributed by atoms with Gasteiger partial charge in [-0.2, -0.15) is 0 Å². The van der Waals surface area contributed by atoms with Crippen LogP contribution in [-0.4, -0.2) is 25.4 Å². The summed E-state index contributed by atoms with van der Waals surface area (Å²) in [5, 5.41) is 7.94. The fraction of sp³-hybridized carbons (Fsp3) is 0.0769. The number of anilines is 1. The summed E-state index contributed by atoms with van der Waals surface area (Å²) in [5.41, 5.74) is 13.9. The van der Waals surface area contributed by atoms with Gasteiger partial charge in [0.15, 0.2) is 11.5 Å². The highest BCUT2D eigenvalue weighted by atomic mass is 35.5. The number of imidazole rings is 1. The minimum atomic E-state index is -0.0166. The van der Waals surface area contributed by atoms with Crippen LogP contribution in [0.25, 0.3) is 11.2 Å². The summed E-state index contributed by atoms with van der Waals surface area (Å²) in [7, 11) is 0. The molecule has 0 aliphatic heterocycles. The van der Waals surface area contributed by atoms with Crippen molar-refractivity contribution in [3.05, 3.63) is 47.0 Å². The zero-order chi connectivity index (χ0) is 15.0. The molecule has 3 rings (SSSR count). The van der Waals surface area contributed by atoms with E-state index in [2.05, 4.69) is 15.0 Å². The monoisotopic (exact) mass is 301 g/mol. The quantitative estimate of drug-likeness (QED) is 0.499. The highest BCUT2D eigenvalue weighted by Crippen LogP contribution is 2.21. The third-order valence-corrected chi connectivity index (χ3v) is 3.49. The lowest BCUT2D eigenvalue weighted by Crippen LogP contribution is -2.11. The number of nitrogen functional groups attached to an aromatic ring is 2. The third kappa shape index (κ3) is 2.38. The molecule has 0 saturated heterocycles. The summed E-state index contributed by atoms with van der Waals surface area (Å²) in [5.74, 6) is 0.328. The molecule has 0 aliphatic carbocycles. The van der Waals surface area contributed by atoms with Gasteiger partial charge in [-0.15, -0.1) is 0 Å². The molecule has 0 radical (unpaired) electrons. The first-order valence-corrected chi connectivity index (χ1v) is 6.48. The Morgan fingerprint density at radius 3 is 2.81 bits per heavy atom.